The second-order valence-electron chi connectivity index (χ2n) is 7.55. The van der Waals surface area contributed by atoms with Crippen LogP contribution in [0.25, 0.3) is 21.7 Å². The number of aromatic amines is 1. The van der Waals surface area contributed by atoms with Crippen molar-refractivity contribution in [2.75, 3.05) is 0 Å². The summed E-state index contributed by atoms with van der Waals surface area (Å²) >= 11 is 0. The summed E-state index contributed by atoms with van der Waals surface area (Å²) in [6.45, 7) is 0. The Labute approximate surface area is 175 Å². The Kier molecular flexibility index (Phi) is 4.71. The third kappa shape index (κ3) is 3.66. The van der Waals surface area contributed by atoms with Gasteiger partial charge in [0.1, 0.15) is 5.75 Å². The van der Waals surface area contributed by atoms with E-state index in [0.717, 1.165) is 27.4 Å². The SMILES string of the molecule is Oc1c(Cc2ccccc2)ccc2ccc(C#CCc3ccc4[nH]ccc4c3)cc12. The maximum absolute atomic E-state index is 10.9. The number of nitrogens with one attached hydrogen (secondary N) is 1. The number of hydrogen-bond donors (Lipinski definition) is 2. The molecule has 0 fully saturated rings. The van der Waals surface area contributed by atoms with Gasteiger partial charge in [0.05, 0.1) is 0 Å². The van der Waals surface area contributed by atoms with E-state index in [9.17, 15) is 5.11 Å². The lowest BCUT2D eigenvalue weighted by atomic mass is 9.98. The first-order valence-corrected chi connectivity index (χ1v) is 10.1. The minimum absolute atomic E-state index is 0.345. The number of H-pyrrole nitrogens is 1. The molecule has 4 aromatic carbocycles. The smallest absolute Gasteiger partial charge is 0.126 e. The normalized spacial score (nSPS) is 10.8. The average molecular weight is 387 g/mol. The fourth-order valence-corrected chi connectivity index (χ4v) is 3.85. The molecular weight excluding hydrogens is 366 g/mol. The summed E-state index contributed by atoms with van der Waals surface area (Å²) < 4.78 is 0. The van der Waals surface area contributed by atoms with Gasteiger partial charge in [0.2, 0.25) is 0 Å². The molecule has 30 heavy (non-hydrogen) atoms. The molecule has 0 aliphatic rings. The van der Waals surface area contributed by atoms with E-state index in [1.165, 1.54) is 16.5 Å². The van der Waals surface area contributed by atoms with Gasteiger partial charge in [-0.3, -0.25) is 0 Å². The van der Waals surface area contributed by atoms with E-state index in [1.807, 2.05) is 48.7 Å². The molecule has 0 unspecified atom stereocenters. The highest BCUT2D eigenvalue weighted by Crippen LogP contribution is 2.31. The van der Waals surface area contributed by atoms with E-state index in [4.69, 9.17) is 0 Å². The summed E-state index contributed by atoms with van der Waals surface area (Å²) in [5.74, 6) is 6.87. The van der Waals surface area contributed by atoms with Crippen molar-refractivity contribution in [1.82, 2.24) is 4.98 Å². The molecule has 0 amide bonds. The molecule has 0 saturated carbocycles. The van der Waals surface area contributed by atoms with E-state index in [0.29, 0.717) is 18.6 Å². The van der Waals surface area contributed by atoms with Crippen molar-refractivity contribution in [2.24, 2.45) is 0 Å². The van der Waals surface area contributed by atoms with Crippen LogP contribution in [0.2, 0.25) is 0 Å². The molecule has 5 aromatic rings. The Morgan fingerprint density at radius 1 is 0.767 bits per heavy atom. The lowest BCUT2D eigenvalue weighted by Gasteiger charge is -2.09. The van der Waals surface area contributed by atoms with Crippen LogP contribution in [0.1, 0.15) is 22.3 Å². The monoisotopic (exact) mass is 387 g/mol. The number of aromatic hydroxyl groups is 1. The number of phenols is 1. The summed E-state index contributed by atoms with van der Waals surface area (Å²) in [4.78, 5) is 3.21. The average Bonchev–Trinajstić information content (AvgIpc) is 3.25. The lowest BCUT2D eigenvalue weighted by Crippen LogP contribution is -1.90. The van der Waals surface area contributed by atoms with Gasteiger partial charge in [0.15, 0.2) is 0 Å². The van der Waals surface area contributed by atoms with E-state index in [1.54, 1.807) is 0 Å². The van der Waals surface area contributed by atoms with Crippen LogP contribution in [0.4, 0.5) is 0 Å². The zero-order chi connectivity index (χ0) is 20.3. The molecule has 2 N–H and O–H groups in total. The first kappa shape index (κ1) is 18.1. The standard InChI is InChI=1S/C28H21NO/c30-28-25(18-20-5-2-1-3-6-20)13-12-23-11-9-22(19-26(23)28)8-4-7-21-10-14-27-24(17-21)15-16-29-27/h1-3,5-6,9-17,19,29-30H,7,18H2. The molecule has 0 saturated heterocycles. The van der Waals surface area contributed by atoms with E-state index < -0.39 is 0 Å². The van der Waals surface area contributed by atoms with Crippen molar-refractivity contribution in [3.63, 3.8) is 0 Å². The minimum atomic E-state index is 0.345. The Balaban J connectivity index is 1.41. The van der Waals surface area contributed by atoms with Gasteiger partial charge in [-0.05, 0) is 57.8 Å². The second kappa shape index (κ2) is 7.81. The first-order chi connectivity index (χ1) is 14.8. The van der Waals surface area contributed by atoms with Crippen molar-refractivity contribution in [3.05, 3.63) is 113 Å². The van der Waals surface area contributed by atoms with E-state index >= 15 is 0 Å². The fraction of sp³-hybridized carbons (Fsp3) is 0.0714. The largest absolute Gasteiger partial charge is 0.507 e. The third-order valence-electron chi connectivity index (χ3n) is 5.46. The zero-order valence-corrected chi connectivity index (χ0v) is 16.5. The maximum Gasteiger partial charge on any atom is 0.126 e. The molecule has 0 bridgehead atoms. The predicted octanol–water partition coefficient (Wildman–Crippen LogP) is 6.21. The van der Waals surface area contributed by atoms with Crippen LogP contribution in [0.5, 0.6) is 5.75 Å². The summed E-state index contributed by atoms with van der Waals surface area (Å²) in [6.07, 6.45) is 3.35. The Morgan fingerprint density at radius 2 is 1.63 bits per heavy atom. The molecule has 1 heterocycles. The molecule has 0 aliphatic heterocycles. The summed E-state index contributed by atoms with van der Waals surface area (Å²) in [5, 5.41) is 13.9. The van der Waals surface area contributed by atoms with Gasteiger partial charge in [-0.25, -0.2) is 0 Å². The number of fused-ring (bicyclic) bond motifs is 2. The molecule has 2 heteroatoms. The topological polar surface area (TPSA) is 36.0 Å². The minimum Gasteiger partial charge on any atom is -0.507 e. The van der Waals surface area contributed by atoms with Crippen molar-refractivity contribution in [2.45, 2.75) is 12.8 Å². The number of hydrogen-bond acceptors (Lipinski definition) is 1. The quantitative estimate of drug-likeness (QED) is 0.355. The first-order valence-electron chi connectivity index (χ1n) is 10.1. The maximum atomic E-state index is 10.9. The van der Waals surface area contributed by atoms with Crippen molar-refractivity contribution >= 4 is 21.7 Å². The highest BCUT2D eigenvalue weighted by Gasteiger charge is 2.08. The van der Waals surface area contributed by atoms with Crippen molar-refractivity contribution in [1.29, 1.82) is 0 Å². The molecule has 144 valence electrons. The van der Waals surface area contributed by atoms with E-state index in [-0.39, 0.29) is 0 Å². The van der Waals surface area contributed by atoms with Crippen molar-refractivity contribution in [3.8, 4) is 17.6 Å². The highest BCUT2D eigenvalue weighted by atomic mass is 16.3. The van der Waals surface area contributed by atoms with E-state index in [2.05, 4.69) is 59.3 Å². The molecule has 2 nitrogen and oxygen atoms in total. The van der Waals surface area contributed by atoms with Crippen LogP contribution in [0.15, 0.2) is 91.1 Å². The summed E-state index contributed by atoms with van der Waals surface area (Å²) in [5.41, 5.74) is 5.37. The Morgan fingerprint density at radius 3 is 2.53 bits per heavy atom. The summed E-state index contributed by atoms with van der Waals surface area (Å²) in [6, 6.07) is 28.8. The van der Waals surface area contributed by atoms with Gasteiger partial charge in [0, 0.05) is 35.5 Å². The zero-order valence-electron chi connectivity index (χ0n) is 16.5. The van der Waals surface area contributed by atoms with Crippen molar-refractivity contribution < 1.29 is 5.11 Å². The van der Waals surface area contributed by atoms with Gasteiger partial charge in [-0.15, -0.1) is 0 Å². The fourth-order valence-electron chi connectivity index (χ4n) is 3.85. The third-order valence-corrected chi connectivity index (χ3v) is 5.46. The van der Waals surface area contributed by atoms with Crippen LogP contribution in [0.3, 0.4) is 0 Å². The van der Waals surface area contributed by atoms with Gasteiger partial charge >= 0.3 is 0 Å². The van der Waals surface area contributed by atoms with Crippen LogP contribution in [-0.4, -0.2) is 10.1 Å². The highest BCUT2D eigenvalue weighted by molar-refractivity contribution is 5.90. The van der Waals surface area contributed by atoms with Crippen LogP contribution in [-0.2, 0) is 12.8 Å². The molecular formula is C28H21NO. The lowest BCUT2D eigenvalue weighted by molar-refractivity contribution is 0.476. The second-order valence-corrected chi connectivity index (χ2v) is 7.55. The number of aromatic nitrogens is 1. The molecule has 0 aliphatic carbocycles. The van der Waals surface area contributed by atoms with Gasteiger partial charge < -0.3 is 10.1 Å². The molecule has 1 aromatic heterocycles. The summed E-state index contributed by atoms with van der Waals surface area (Å²) in [7, 11) is 0. The molecule has 0 radical (unpaired) electrons. The Hall–Kier alpha value is -3.96. The van der Waals surface area contributed by atoms with Gasteiger partial charge in [-0.2, -0.15) is 0 Å². The van der Waals surface area contributed by atoms with Gasteiger partial charge in [0.25, 0.3) is 0 Å². The predicted molar refractivity (Wildman–Crippen MR) is 124 cm³/mol. The number of rotatable bonds is 3. The van der Waals surface area contributed by atoms with Gasteiger partial charge in [-0.1, -0.05) is 66.4 Å². The van der Waals surface area contributed by atoms with Crippen LogP contribution in [0, 0.1) is 11.8 Å². The number of benzene rings is 4. The molecule has 0 atom stereocenters. The Bertz CT molecular complexity index is 1400. The molecule has 0 spiro atoms. The van der Waals surface area contributed by atoms with Crippen LogP contribution < -0.4 is 0 Å². The van der Waals surface area contributed by atoms with Crippen LogP contribution >= 0.6 is 0 Å². The number of phenolic OH excluding ortho intramolecular Hbond substituents is 1. The molecule has 5 rings (SSSR count).